The molecule has 0 radical (unpaired) electrons. The zero-order valence-corrected chi connectivity index (χ0v) is 15.2. The van der Waals surface area contributed by atoms with Crippen LogP contribution in [0.1, 0.15) is 33.6 Å². The molecular weight excluding hydrogens is 335 g/mol. The second kappa shape index (κ2) is 7.10. The quantitative estimate of drug-likeness (QED) is 0.824. The van der Waals surface area contributed by atoms with Crippen molar-refractivity contribution in [3.8, 4) is 0 Å². The van der Waals surface area contributed by atoms with Crippen LogP contribution in [0.5, 0.6) is 0 Å². The number of benzene rings is 1. The van der Waals surface area contributed by atoms with Crippen molar-refractivity contribution in [2.45, 2.75) is 33.6 Å². The minimum atomic E-state index is -1.16. The van der Waals surface area contributed by atoms with Crippen molar-refractivity contribution in [3.05, 3.63) is 28.2 Å². The number of piperidine rings is 1. The van der Waals surface area contributed by atoms with Gasteiger partial charge in [-0.2, -0.15) is 0 Å². The Morgan fingerprint density at radius 3 is 2.43 bits per heavy atom. The molecule has 0 atom stereocenters. The molecule has 1 fully saturated rings. The molecule has 1 heterocycles. The lowest BCUT2D eigenvalue weighted by Crippen LogP contribution is -2.49. The molecule has 1 aromatic rings. The fraction of sp³-hybridized carbons (Fsp3) is 0.529. The van der Waals surface area contributed by atoms with Crippen LogP contribution in [0.25, 0.3) is 0 Å². The molecule has 1 aliphatic heterocycles. The van der Waals surface area contributed by atoms with E-state index in [4.69, 9.17) is 23.2 Å². The van der Waals surface area contributed by atoms with E-state index < -0.39 is 5.41 Å². The smallest absolute Gasteiger partial charge is 0.239 e. The van der Waals surface area contributed by atoms with Crippen molar-refractivity contribution >= 4 is 40.7 Å². The van der Waals surface area contributed by atoms with Gasteiger partial charge < -0.3 is 10.2 Å². The van der Waals surface area contributed by atoms with E-state index in [1.807, 2.05) is 0 Å². The van der Waals surface area contributed by atoms with Crippen molar-refractivity contribution < 1.29 is 9.59 Å². The molecule has 23 heavy (non-hydrogen) atoms. The number of likely N-dealkylation sites (tertiary alicyclic amines) is 1. The average molecular weight is 357 g/mol. The number of hydrogen-bond donors (Lipinski definition) is 1. The summed E-state index contributed by atoms with van der Waals surface area (Å²) in [6.45, 7) is 6.87. The second-order valence-corrected chi connectivity index (χ2v) is 7.44. The Bertz CT molecular complexity index is 609. The molecule has 6 heteroatoms. The average Bonchev–Trinajstić information content (AvgIpc) is 2.51. The van der Waals surface area contributed by atoms with Gasteiger partial charge in [0.2, 0.25) is 11.8 Å². The number of halogens is 2. The van der Waals surface area contributed by atoms with E-state index in [1.54, 1.807) is 36.9 Å². The van der Waals surface area contributed by atoms with Gasteiger partial charge in [0, 0.05) is 13.1 Å². The minimum absolute atomic E-state index is 0.153. The SMILES string of the molecule is CC1CCN(C(=O)C(C)(C)C(=O)Nc2cccc(Cl)c2Cl)CC1. The maximum atomic E-state index is 12.7. The normalized spacial score (nSPS) is 16.3. The molecule has 0 saturated carbocycles. The minimum Gasteiger partial charge on any atom is -0.342 e. The Hall–Kier alpha value is -1.26. The number of nitrogens with one attached hydrogen (secondary N) is 1. The van der Waals surface area contributed by atoms with Crippen LogP contribution in [0.3, 0.4) is 0 Å². The lowest BCUT2D eigenvalue weighted by Gasteiger charge is -2.35. The summed E-state index contributed by atoms with van der Waals surface area (Å²) in [5.41, 5.74) is -0.746. The highest BCUT2D eigenvalue weighted by atomic mass is 35.5. The van der Waals surface area contributed by atoms with Crippen LogP contribution in [0.4, 0.5) is 5.69 Å². The van der Waals surface area contributed by atoms with E-state index in [1.165, 1.54) is 0 Å². The van der Waals surface area contributed by atoms with Crippen LogP contribution in [0.15, 0.2) is 18.2 Å². The van der Waals surface area contributed by atoms with Crippen LogP contribution in [0.2, 0.25) is 10.0 Å². The molecular formula is C17H22Cl2N2O2. The van der Waals surface area contributed by atoms with Gasteiger partial charge in [-0.05, 0) is 44.7 Å². The van der Waals surface area contributed by atoms with Gasteiger partial charge in [-0.15, -0.1) is 0 Å². The summed E-state index contributed by atoms with van der Waals surface area (Å²) in [5.74, 6) is 0.0894. The second-order valence-electron chi connectivity index (χ2n) is 6.66. The molecule has 0 aromatic heterocycles. The van der Waals surface area contributed by atoms with E-state index in [9.17, 15) is 9.59 Å². The Balaban J connectivity index is 2.10. The third-order valence-corrected chi connectivity index (χ3v) is 5.19. The summed E-state index contributed by atoms with van der Waals surface area (Å²) >= 11 is 12.0. The number of nitrogens with zero attached hydrogens (tertiary/aromatic N) is 1. The van der Waals surface area contributed by atoms with Crippen molar-refractivity contribution in [3.63, 3.8) is 0 Å². The van der Waals surface area contributed by atoms with E-state index in [0.29, 0.717) is 29.7 Å². The van der Waals surface area contributed by atoms with Gasteiger partial charge in [-0.3, -0.25) is 9.59 Å². The van der Waals surface area contributed by atoms with Crippen molar-refractivity contribution in [1.82, 2.24) is 4.90 Å². The molecule has 1 aromatic carbocycles. The third-order valence-electron chi connectivity index (χ3n) is 4.37. The Kier molecular flexibility index (Phi) is 5.58. The highest BCUT2D eigenvalue weighted by molar-refractivity contribution is 6.44. The Labute approximate surface area is 147 Å². The van der Waals surface area contributed by atoms with E-state index in [0.717, 1.165) is 12.8 Å². The molecule has 2 rings (SSSR count). The van der Waals surface area contributed by atoms with Gasteiger partial charge in [0.1, 0.15) is 5.41 Å². The maximum absolute atomic E-state index is 12.7. The molecule has 0 unspecified atom stereocenters. The summed E-state index contributed by atoms with van der Waals surface area (Å²) in [6.07, 6.45) is 1.95. The van der Waals surface area contributed by atoms with Crippen molar-refractivity contribution in [1.29, 1.82) is 0 Å². The van der Waals surface area contributed by atoms with Gasteiger partial charge in [0.05, 0.1) is 15.7 Å². The summed E-state index contributed by atoms with van der Waals surface area (Å²) in [5, 5.41) is 3.35. The molecule has 0 bridgehead atoms. The highest BCUT2D eigenvalue weighted by Gasteiger charge is 2.40. The zero-order valence-electron chi connectivity index (χ0n) is 13.7. The predicted molar refractivity (Wildman–Crippen MR) is 93.9 cm³/mol. The van der Waals surface area contributed by atoms with Crippen LogP contribution < -0.4 is 5.32 Å². The third kappa shape index (κ3) is 3.99. The van der Waals surface area contributed by atoms with Gasteiger partial charge >= 0.3 is 0 Å². The molecule has 1 aliphatic rings. The lowest BCUT2D eigenvalue weighted by molar-refractivity contribution is -0.147. The Morgan fingerprint density at radius 1 is 1.22 bits per heavy atom. The molecule has 0 spiro atoms. The van der Waals surface area contributed by atoms with Gasteiger partial charge in [0.25, 0.3) is 0 Å². The first-order chi connectivity index (χ1) is 10.7. The van der Waals surface area contributed by atoms with Crippen LogP contribution in [-0.2, 0) is 9.59 Å². The van der Waals surface area contributed by atoms with Gasteiger partial charge in [-0.1, -0.05) is 36.2 Å². The lowest BCUT2D eigenvalue weighted by atomic mass is 9.88. The predicted octanol–water partition coefficient (Wildman–Crippen LogP) is 4.22. The van der Waals surface area contributed by atoms with Crippen LogP contribution >= 0.6 is 23.2 Å². The fourth-order valence-corrected chi connectivity index (χ4v) is 2.93. The first-order valence-electron chi connectivity index (χ1n) is 7.78. The number of carbonyl (C=O) groups is 2. The highest BCUT2D eigenvalue weighted by Crippen LogP contribution is 2.31. The number of carbonyl (C=O) groups excluding carboxylic acids is 2. The molecule has 126 valence electrons. The summed E-state index contributed by atoms with van der Waals surface area (Å²) < 4.78 is 0. The van der Waals surface area contributed by atoms with Crippen molar-refractivity contribution in [2.24, 2.45) is 11.3 Å². The van der Waals surface area contributed by atoms with Gasteiger partial charge in [0.15, 0.2) is 0 Å². The topological polar surface area (TPSA) is 49.4 Å². The monoisotopic (exact) mass is 356 g/mol. The fourth-order valence-electron chi connectivity index (χ4n) is 2.58. The first-order valence-corrected chi connectivity index (χ1v) is 8.54. The van der Waals surface area contributed by atoms with E-state index in [-0.39, 0.29) is 16.8 Å². The Morgan fingerprint density at radius 2 is 1.83 bits per heavy atom. The largest absolute Gasteiger partial charge is 0.342 e. The summed E-state index contributed by atoms with van der Waals surface area (Å²) in [6, 6.07) is 5.00. The van der Waals surface area contributed by atoms with E-state index >= 15 is 0 Å². The van der Waals surface area contributed by atoms with Crippen LogP contribution in [-0.4, -0.2) is 29.8 Å². The molecule has 4 nitrogen and oxygen atoms in total. The molecule has 0 aliphatic carbocycles. The molecule has 1 N–H and O–H groups in total. The number of hydrogen-bond acceptors (Lipinski definition) is 2. The van der Waals surface area contributed by atoms with E-state index in [2.05, 4.69) is 12.2 Å². The standard InChI is InChI=1S/C17H22Cl2N2O2/c1-11-7-9-21(10-8-11)16(23)17(2,3)15(22)20-13-6-4-5-12(18)14(13)19/h4-6,11H,7-10H2,1-3H3,(H,20,22). The number of amides is 2. The number of anilines is 1. The van der Waals surface area contributed by atoms with Crippen molar-refractivity contribution in [2.75, 3.05) is 18.4 Å². The summed E-state index contributed by atoms with van der Waals surface area (Å²) in [4.78, 5) is 27.1. The zero-order chi connectivity index (χ0) is 17.2. The van der Waals surface area contributed by atoms with Crippen LogP contribution in [0, 0.1) is 11.3 Å². The maximum Gasteiger partial charge on any atom is 0.239 e. The molecule has 1 saturated heterocycles. The summed E-state index contributed by atoms with van der Waals surface area (Å²) in [7, 11) is 0. The molecule has 2 amide bonds. The number of rotatable bonds is 3. The van der Waals surface area contributed by atoms with Gasteiger partial charge in [-0.25, -0.2) is 0 Å². The first kappa shape index (κ1) is 18.1.